The maximum absolute atomic E-state index is 13.1. The van der Waals surface area contributed by atoms with E-state index in [1.165, 1.54) is 0 Å². The maximum atomic E-state index is 13.1. The van der Waals surface area contributed by atoms with Gasteiger partial charge in [-0.25, -0.2) is 0 Å². The summed E-state index contributed by atoms with van der Waals surface area (Å²) in [5.74, 6) is 0.772. The fourth-order valence-corrected chi connectivity index (χ4v) is 3.71. The van der Waals surface area contributed by atoms with Gasteiger partial charge < -0.3 is 14.7 Å². The Labute approximate surface area is 181 Å². The van der Waals surface area contributed by atoms with Gasteiger partial charge >= 0.3 is 0 Å². The quantitative estimate of drug-likeness (QED) is 0.473. The van der Waals surface area contributed by atoms with Gasteiger partial charge in [0.25, 0.3) is 5.91 Å². The number of aromatic nitrogens is 1. The lowest BCUT2D eigenvalue weighted by Crippen LogP contribution is -2.30. The summed E-state index contributed by atoms with van der Waals surface area (Å²) in [6.45, 7) is 1.96. The summed E-state index contributed by atoms with van der Waals surface area (Å²) in [7, 11) is 3.39. The van der Waals surface area contributed by atoms with E-state index in [1.54, 1.807) is 37.4 Å². The normalized spacial score (nSPS) is 11.8. The van der Waals surface area contributed by atoms with E-state index in [0.29, 0.717) is 16.9 Å². The van der Waals surface area contributed by atoms with Crippen molar-refractivity contribution in [3.63, 3.8) is 0 Å². The molecular weight excluding hydrogens is 388 g/mol. The number of hydrogen-bond acceptors (Lipinski definition) is 4. The highest BCUT2D eigenvalue weighted by Crippen LogP contribution is 2.37. The molecule has 156 valence electrons. The number of fused-ring (bicyclic) bond motifs is 1. The monoisotopic (exact) mass is 412 g/mol. The molecule has 0 aliphatic heterocycles. The van der Waals surface area contributed by atoms with E-state index in [-0.39, 0.29) is 17.7 Å². The number of nitrogens with zero attached hydrogens (tertiary/aromatic N) is 2. The van der Waals surface area contributed by atoms with E-state index >= 15 is 0 Å². The molecule has 1 aromatic heterocycles. The molecule has 3 aromatic carbocycles. The molecule has 1 heterocycles. The molecule has 1 atom stereocenters. The van der Waals surface area contributed by atoms with Crippen LogP contribution in [0.3, 0.4) is 0 Å². The maximum Gasteiger partial charge on any atom is 0.254 e. The van der Waals surface area contributed by atoms with E-state index in [9.17, 15) is 9.90 Å². The standard InChI is InChI=1S/C26H24N2O3/c1-17(24-9-4-5-14-27-24)28(2)26(30)19-10-12-21-18(15-19)7-6-8-22(21)23-16-20(31-3)11-13-25(23)29/h4-17,29H,1-3H3. The lowest BCUT2D eigenvalue weighted by molar-refractivity contribution is 0.0740. The molecule has 5 heteroatoms. The Morgan fingerprint density at radius 1 is 1.00 bits per heavy atom. The van der Waals surface area contributed by atoms with Crippen LogP contribution < -0.4 is 4.74 Å². The Hall–Kier alpha value is -3.86. The van der Waals surface area contributed by atoms with Gasteiger partial charge in [0.05, 0.1) is 18.8 Å². The van der Waals surface area contributed by atoms with E-state index < -0.39 is 0 Å². The van der Waals surface area contributed by atoms with Gasteiger partial charge in [-0.1, -0.05) is 30.3 Å². The number of carbonyl (C=O) groups is 1. The van der Waals surface area contributed by atoms with Gasteiger partial charge in [0.2, 0.25) is 0 Å². The first-order chi connectivity index (χ1) is 15.0. The molecule has 0 saturated carbocycles. The molecule has 4 aromatic rings. The van der Waals surface area contributed by atoms with Crippen LogP contribution >= 0.6 is 0 Å². The van der Waals surface area contributed by atoms with E-state index in [1.807, 2.05) is 67.6 Å². The molecule has 1 amide bonds. The number of rotatable bonds is 5. The molecule has 0 radical (unpaired) electrons. The predicted molar refractivity (Wildman–Crippen MR) is 122 cm³/mol. The number of ether oxygens (including phenoxy) is 1. The fraction of sp³-hybridized carbons (Fsp3) is 0.154. The molecule has 0 saturated heterocycles. The summed E-state index contributed by atoms with van der Waals surface area (Å²) < 4.78 is 5.31. The summed E-state index contributed by atoms with van der Waals surface area (Å²) in [6, 6.07) is 22.2. The van der Waals surface area contributed by atoms with Gasteiger partial charge in [0, 0.05) is 24.4 Å². The Morgan fingerprint density at radius 2 is 1.84 bits per heavy atom. The second kappa shape index (κ2) is 8.48. The first kappa shape index (κ1) is 20.4. The highest BCUT2D eigenvalue weighted by molar-refractivity contribution is 6.03. The van der Waals surface area contributed by atoms with Gasteiger partial charge in [-0.15, -0.1) is 0 Å². The number of phenolic OH excluding ortho intramolecular Hbond substituents is 1. The largest absolute Gasteiger partial charge is 0.507 e. The van der Waals surface area contributed by atoms with Crippen LogP contribution in [0, 0.1) is 0 Å². The van der Waals surface area contributed by atoms with Crippen molar-refractivity contribution >= 4 is 16.7 Å². The first-order valence-corrected chi connectivity index (χ1v) is 10.1. The molecule has 0 bridgehead atoms. The number of hydrogen-bond donors (Lipinski definition) is 1. The number of methoxy groups -OCH3 is 1. The topological polar surface area (TPSA) is 62.7 Å². The molecule has 1 N–H and O–H groups in total. The van der Waals surface area contributed by atoms with Crippen LogP contribution in [0.4, 0.5) is 0 Å². The highest BCUT2D eigenvalue weighted by atomic mass is 16.5. The smallest absolute Gasteiger partial charge is 0.254 e. The van der Waals surface area contributed by atoms with Crippen molar-refractivity contribution in [2.24, 2.45) is 0 Å². The number of aromatic hydroxyl groups is 1. The van der Waals surface area contributed by atoms with Crippen molar-refractivity contribution < 1.29 is 14.6 Å². The number of amides is 1. The van der Waals surface area contributed by atoms with Gasteiger partial charge in [0.15, 0.2) is 0 Å². The van der Waals surface area contributed by atoms with Crippen LogP contribution in [0.15, 0.2) is 79.0 Å². The number of carbonyl (C=O) groups excluding carboxylic acids is 1. The summed E-state index contributed by atoms with van der Waals surface area (Å²) in [5, 5.41) is 12.3. The Bertz CT molecular complexity index is 1240. The summed E-state index contributed by atoms with van der Waals surface area (Å²) in [5.41, 5.74) is 3.01. The molecule has 0 fully saturated rings. The SMILES string of the molecule is COc1ccc(O)c(-c2cccc3cc(C(=O)N(C)C(C)c4ccccn4)ccc23)c1. The number of benzene rings is 3. The molecular formula is C26H24N2O3. The average Bonchev–Trinajstić information content (AvgIpc) is 2.82. The molecule has 0 spiro atoms. The van der Waals surface area contributed by atoms with Crippen LogP contribution in [0.25, 0.3) is 21.9 Å². The summed E-state index contributed by atoms with van der Waals surface area (Å²) in [4.78, 5) is 19.2. The number of phenols is 1. The molecule has 4 rings (SSSR count). The third-order valence-corrected chi connectivity index (χ3v) is 5.64. The highest BCUT2D eigenvalue weighted by Gasteiger charge is 2.20. The van der Waals surface area contributed by atoms with Gasteiger partial charge in [-0.3, -0.25) is 9.78 Å². The van der Waals surface area contributed by atoms with Crippen molar-refractivity contribution in [1.29, 1.82) is 0 Å². The van der Waals surface area contributed by atoms with Crippen molar-refractivity contribution in [1.82, 2.24) is 9.88 Å². The van der Waals surface area contributed by atoms with E-state index in [0.717, 1.165) is 22.0 Å². The minimum atomic E-state index is -0.149. The van der Waals surface area contributed by atoms with Crippen molar-refractivity contribution in [3.05, 3.63) is 90.3 Å². The third-order valence-electron chi connectivity index (χ3n) is 5.64. The van der Waals surface area contributed by atoms with Crippen LogP contribution in [-0.2, 0) is 0 Å². The molecule has 31 heavy (non-hydrogen) atoms. The lowest BCUT2D eigenvalue weighted by Gasteiger charge is -2.24. The van der Waals surface area contributed by atoms with Gasteiger partial charge in [-0.2, -0.15) is 0 Å². The second-order valence-electron chi connectivity index (χ2n) is 7.47. The molecule has 0 aliphatic carbocycles. The zero-order valence-corrected chi connectivity index (χ0v) is 17.7. The Kier molecular flexibility index (Phi) is 5.58. The van der Waals surface area contributed by atoms with E-state index in [2.05, 4.69) is 4.98 Å². The fourth-order valence-electron chi connectivity index (χ4n) is 3.71. The lowest BCUT2D eigenvalue weighted by atomic mass is 9.96. The predicted octanol–water partition coefficient (Wildman–Crippen LogP) is 5.45. The zero-order chi connectivity index (χ0) is 22.0. The first-order valence-electron chi connectivity index (χ1n) is 10.1. The second-order valence-corrected chi connectivity index (χ2v) is 7.47. The molecule has 0 aliphatic rings. The Balaban J connectivity index is 1.70. The minimum absolute atomic E-state index is 0.0744. The minimum Gasteiger partial charge on any atom is -0.507 e. The van der Waals surface area contributed by atoms with Crippen molar-refractivity contribution in [2.45, 2.75) is 13.0 Å². The molecule has 5 nitrogen and oxygen atoms in total. The zero-order valence-electron chi connectivity index (χ0n) is 17.7. The Morgan fingerprint density at radius 3 is 2.58 bits per heavy atom. The van der Waals surface area contributed by atoms with Crippen LogP contribution in [-0.4, -0.2) is 35.1 Å². The summed E-state index contributed by atoms with van der Waals surface area (Å²) >= 11 is 0. The van der Waals surface area contributed by atoms with Crippen molar-refractivity contribution in [2.75, 3.05) is 14.2 Å². The van der Waals surface area contributed by atoms with Crippen LogP contribution in [0.2, 0.25) is 0 Å². The van der Waals surface area contributed by atoms with Gasteiger partial charge in [0.1, 0.15) is 11.5 Å². The number of pyridine rings is 1. The van der Waals surface area contributed by atoms with Crippen LogP contribution in [0.5, 0.6) is 11.5 Å². The third kappa shape index (κ3) is 3.94. The van der Waals surface area contributed by atoms with E-state index in [4.69, 9.17) is 4.74 Å². The average molecular weight is 412 g/mol. The molecule has 1 unspecified atom stereocenters. The van der Waals surface area contributed by atoms with Gasteiger partial charge in [-0.05, 0) is 65.7 Å². The van der Waals surface area contributed by atoms with Crippen LogP contribution in [0.1, 0.15) is 29.0 Å². The van der Waals surface area contributed by atoms with Crippen molar-refractivity contribution in [3.8, 4) is 22.6 Å². The summed E-state index contributed by atoms with van der Waals surface area (Å²) in [6.07, 6.45) is 1.73.